The van der Waals surface area contributed by atoms with E-state index < -0.39 is 0 Å². The molecule has 0 radical (unpaired) electrons. The lowest BCUT2D eigenvalue weighted by Crippen LogP contribution is -2.16. The van der Waals surface area contributed by atoms with E-state index >= 15 is 0 Å². The van der Waals surface area contributed by atoms with Crippen LogP contribution in [0.3, 0.4) is 0 Å². The molecule has 0 atom stereocenters. The number of rotatable bonds is 8. The Balaban J connectivity index is 1.05. The van der Waals surface area contributed by atoms with Gasteiger partial charge in [-0.15, -0.1) is 0 Å². The van der Waals surface area contributed by atoms with Crippen LogP contribution < -0.4 is 4.90 Å². The molecule has 0 bridgehead atoms. The van der Waals surface area contributed by atoms with Crippen molar-refractivity contribution < 1.29 is 0 Å². The molecule has 0 fully saturated rings. The highest BCUT2D eigenvalue weighted by Crippen LogP contribution is 2.52. The van der Waals surface area contributed by atoms with Crippen molar-refractivity contribution in [3.8, 4) is 66.8 Å². The molecule has 9 aromatic carbocycles. The first-order valence-electron chi connectivity index (χ1n) is 20.2. The number of benzene rings is 9. The monoisotopic (exact) mass is 741 g/mol. The number of fused-ring (bicyclic) bond motifs is 3. The minimum atomic E-state index is -0.212. The van der Waals surface area contributed by atoms with Crippen LogP contribution >= 0.6 is 0 Å². The fourth-order valence-electron chi connectivity index (χ4n) is 8.75. The molecule has 0 amide bonds. The molecule has 1 aliphatic carbocycles. The summed E-state index contributed by atoms with van der Waals surface area (Å²) in [6.07, 6.45) is 0. The van der Waals surface area contributed by atoms with Gasteiger partial charge in [-0.05, 0) is 139 Å². The van der Waals surface area contributed by atoms with Gasteiger partial charge in [0.2, 0.25) is 0 Å². The first kappa shape index (κ1) is 35.2. The summed E-state index contributed by atoms with van der Waals surface area (Å²) in [6.45, 7) is 4.77. The molecule has 0 aromatic heterocycles. The molecule has 0 aliphatic heterocycles. The van der Waals surface area contributed by atoms with Crippen molar-refractivity contribution in [3.05, 3.63) is 236 Å². The molecule has 0 N–H and O–H groups in total. The molecule has 0 heterocycles. The normalized spacial score (nSPS) is 12.4. The maximum absolute atomic E-state index is 2.44. The van der Waals surface area contributed by atoms with E-state index in [2.05, 4.69) is 243 Å². The van der Waals surface area contributed by atoms with Gasteiger partial charge in [-0.2, -0.15) is 0 Å². The molecule has 10 rings (SSSR count). The van der Waals surface area contributed by atoms with Crippen LogP contribution in [0.1, 0.15) is 25.0 Å². The maximum atomic E-state index is 2.44. The van der Waals surface area contributed by atoms with Gasteiger partial charge in [0.15, 0.2) is 0 Å². The summed E-state index contributed by atoms with van der Waals surface area (Å²) in [6, 6.07) is 81.8. The van der Waals surface area contributed by atoms with Gasteiger partial charge < -0.3 is 4.90 Å². The van der Waals surface area contributed by atoms with E-state index in [1.165, 1.54) is 77.9 Å². The third-order valence-corrected chi connectivity index (χ3v) is 11.9. The fraction of sp³-hybridized carbons (Fsp3) is 0.0526. The molecule has 9 aromatic rings. The van der Waals surface area contributed by atoms with Crippen molar-refractivity contribution in [1.29, 1.82) is 0 Å². The molecule has 1 heteroatoms. The summed E-state index contributed by atoms with van der Waals surface area (Å²) in [7, 11) is 0. The van der Waals surface area contributed by atoms with Crippen LogP contribution in [0.4, 0.5) is 17.1 Å². The summed E-state index contributed by atoms with van der Waals surface area (Å²) in [5.41, 5.74) is 20.6. The summed E-state index contributed by atoms with van der Waals surface area (Å²) in [5, 5.41) is 0. The second-order valence-corrected chi connectivity index (χ2v) is 15.8. The van der Waals surface area contributed by atoms with Crippen LogP contribution in [-0.2, 0) is 5.41 Å². The lowest BCUT2D eigenvalue weighted by molar-refractivity contribution is 0.660. The minimum Gasteiger partial charge on any atom is -0.310 e. The predicted molar refractivity (Wildman–Crippen MR) is 246 cm³/mol. The molecular weight excluding hydrogens is 699 g/mol. The molecule has 1 nitrogen and oxygen atoms in total. The number of hydrogen-bond acceptors (Lipinski definition) is 1. The second-order valence-electron chi connectivity index (χ2n) is 15.8. The standard InChI is InChI=1S/C57H43N/c1-57(2)55-38-46(49-36-47(42-19-11-5-12-20-42)35-48(37-49)43-21-13-6-14-22-43)27-33-53(55)54-34-32-52(39-56(54)57)58(50-28-23-44(24-29-50)40-15-7-3-8-16-40)51-30-25-45(26-31-51)41-17-9-4-10-18-41/h3-39H,1-2H3. The van der Waals surface area contributed by atoms with Gasteiger partial charge in [-0.3, -0.25) is 0 Å². The molecule has 0 saturated heterocycles. The molecule has 0 spiro atoms. The second kappa shape index (κ2) is 14.7. The van der Waals surface area contributed by atoms with Crippen LogP contribution in [0.25, 0.3) is 66.8 Å². The number of nitrogens with zero attached hydrogens (tertiary/aromatic N) is 1. The average molecular weight is 742 g/mol. The third-order valence-electron chi connectivity index (χ3n) is 11.9. The van der Waals surface area contributed by atoms with Crippen molar-refractivity contribution in [3.63, 3.8) is 0 Å². The van der Waals surface area contributed by atoms with Crippen LogP contribution in [0.15, 0.2) is 224 Å². The Kier molecular flexibility index (Phi) is 8.92. The van der Waals surface area contributed by atoms with E-state index in [4.69, 9.17) is 0 Å². The molecule has 276 valence electrons. The summed E-state index contributed by atoms with van der Waals surface area (Å²) < 4.78 is 0. The number of hydrogen-bond donors (Lipinski definition) is 0. The highest BCUT2D eigenvalue weighted by atomic mass is 15.1. The molecule has 0 saturated carbocycles. The van der Waals surface area contributed by atoms with Crippen LogP contribution in [0, 0.1) is 0 Å². The van der Waals surface area contributed by atoms with Gasteiger partial charge in [-0.1, -0.05) is 178 Å². The van der Waals surface area contributed by atoms with Gasteiger partial charge in [0.25, 0.3) is 0 Å². The summed E-state index contributed by atoms with van der Waals surface area (Å²) in [5.74, 6) is 0. The Hall–Kier alpha value is -7.22. The van der Waals surface area contributed by atoms with Gasteiger partial charge in [0, 0.05) is 22.5 Å². The van der Waals surface area contributed by atoms with Crippen molar-refractivity contribution in [2.45, 2.75) is 19.3 Å². The Morgan fingerprint density at radius 1 is 0.259 bits per heavy atom. The van der Waals surface area contributed by atoms with Crippen LogP contribution in [-0.4, -0.2) is 0 Å². The molecule has 58 heavy (non-hydrogen) atoms. The lowest BCUT2D eigenvalue weighted by atomic mass is 9.81. The average Bonchev–Trinajstić information content (AvgIpc) is 3.52. The van der Waals surface area contributed by atoms with E-state index in [-0.39, 0.29) is 5.41 Å². The topological polar surface area (TPSA) is 3.24 Å². The summed E-state index contributed by atoms with van der Waals surface area (Å²) >= 11 is 0. The zero-order valence-corrected chi connectivity index (χ0v) is 32.8. The van der Waals surface area contributed by atoms with E-state index in [0.717, 1.165) is 17.1 Å². The third kappa shape index (κ3) is 6.51. The minimum absolute atomic E-state index is 0.212. The zero-order chi connectivity index (χ0) is 39.1. The van der Waals surface area contributed by atoms with Crippen molar-refractivity contribution in [2.75, 3.05) is 4.90 Å². The lowest BCUT2D eigenvalue weighted by Gasteiger charge is -2.28. The largest absolute Gasteiger partial charge is 0.310 e. The van der Waals surface area contributed by atoms with Gasteiger partial charge in [-0.25, -0.2) is 0 Å². The Bertz CT molecular complexity index is 2720. The Labute approximate surface area is 342 Å². The van der Waals surface area contributed by atoms with E-state index in [1.54, 1.807) is 0 Å². The quantitative estimate of drug-likeness (QED) is 0.150. The van der Waals surface area contributed by atoms with Crippen molar-refractivity contribution >= 4 is 17.1 Å². The van der Waals surface area contributed by atoms with Crippen molar-refractivity contribution in [2.24, 2.45) is 0 Å². The van der Waals surface area contributed by atoms with Gasteiger partial charge in [0.1, 0.15) is 0 Å². The highest BCUT2D eigenvalue weighted by Gasteiger charge is 2.36. The fourth-order valence-corrected chi connectivity index (χ4v) is 8.75. The van der Waals surface area contributed by atoms with Crippen molar-refractivity contribution in [1.82, 2.24) is 0 Å². The molecule has 0 unspecified atom stereocenters. The zero-order valence-electron chi connectivity index (χ0n) is 32.8. The predicted octanol–water partition coefficient (Wildman–Crippen LogP) is 15.8. The Morgan fingerprint density at radius 2 is 0.569 bits per heavy atom. The first-order valence-corrected chi connectivity index (χ1v) is 20.2. The van der Waals surface area contributed by atoms with E-state index in [0.29, 0.717) is 0 Å². The highest BCUT2D eigenvalue weighted by molar-refractivity contribution is 5.89. The van der Waals surface area contributed by atoms with Gasteiger partial charge >= 0.3 is 0 Å². The van der Waals surface area contributed by atoms with Crippen LogP contribution in [0.2, 0.25) is 0 Å². The first-order chi connectivity index (χ1) is 28.5. The molecule has 1 aliphatic rings. The molecular formula is C57H43N. The van der Waals surface area contributed by atoms with Gasteiger partial charge in [0.05, 0.1) is 0 Å². The maximum Gasteiger partial charge on any atom is 0.0465 e. The van der Waals surface area contributed by atoms with Crippen LogP contribution in [0.5, 0.6) is 0 Å². The SMILES string of the molecule is CC1(C)c2cc(-c3cc(-c4ccccc4)cc(-c4ccccc4)c3)ccc2-c2ccc(N(c3ccc(-c4ccccc4)cc3)c3ccc(-c4ccccc4)cc3)cc21. The smallest absolute Gasteiger partial charge is 0.0465 e. The summed E-state index contributed by atoms with van der Waals surface area (Å²) in [4.78, 5) is 2.40. The Morgan fingerprint density at radius 3 is 1.00 bits per heavy atom. The number of anilines is 3. The van der Waals surface area contributed by atoms with E-state index in [9.17, 15) is 0 Å². The van der Waals surface area contributed by atoms with E-state index in [1.807, 2.05) is 0 Å².